The minimum absolute atomic E-state index is 0.615. The van der Waals surface area contributed by atoms with Crippen molar-refractivity contribution in [3.63, 3.8) is 0 Å². The number of hydrogen-bond donors (Lipinski definition) is 1. The summed E-state index contributed by atoms with van der Waals surface area (Å²) in [6.45, 7) is 2.83. The van der Waals surface area contributed by atoms with Gasteiger partial charge in [0.05, 0.1) is 5.75 Å². The molecule has 0 radical (unpaired) electrons. The zero-order valence-corrected chi connectivity index (χ0v) is 14.4. The van der Waals surface area contributed by atoms with E-state index in [1.807, 2.05) is 18.2 Å². The monoisotopic (exact) mass is 347 g/mol. The fourth-order valence-electron chi connectivity index (χ4n) is 1.91. The highest BCUT2D eigenvalue weighted by atomic mass is 32.2. The van der Waals surface area contributed by atoms with Gasteiger partial charge in [0.25, 0.3) is 0 Å². The summed E-state index contributed by atoms with van der Waals surface area (Å²) in [7, 11) is 0. The van der Waals surface area contributed by atoms with Crippen molar-refractivity contribution in [2.24, 2.45) is 0 Å². The summed E-state index contributed by atoms with van der Waals surface area (Å²) in [5.74, 6) is 2.02. The van der Waals surface area contributed by atoms with E-state index in [2.05, 4.69) is 44.7 Å². The van der Waals surface area contributed by atoms with Gasteiger partial charge in [-0.3, -0.25) is 0 Å². The first-order chi connectivity index (χ1) is 11.3. The van der Waals surface area contributed by atoms with Crippen molar-refractivity contribution in [3.05, 3.63) is 47.6 Å². The van der Waals surface area contributed by atoms with Crippen molar-refractivity contribution in [3.8, 4) is 0 Å². The molecule has 3 rings (SSSR count). The second-order valence-electron chi connectivity index (χ2n) is 4.86. The van der Waals surface area contributed by atoms with Gasteiger partial charge in [-0.25, -0.2) is 0 Å². The minimum atomic E-state index is 0.615. The zero-order valence-electron chi connectivity index (χ0n) is 12.7. The molecule has 8 heteroatoms. The Morgan fingerprint density at radius 2 is 2.09 bits per heavy atom. The maximum Gasteiger partial charge on any atom is 0.237 e. The molecule has 23 heavy (non-hydrogen) atoms. The van der Waals surface area contributed by atoms with Crippen LogP contribution in [0.25, 0.3) is 0 Å². The fraction of sp³-hybridized carbons (Fsp3) is 0.333. The van der Waals surface area contributed by atoms with E-state index in [-0.39, 0.29) is 0 Å². The van der Waals surface area contributed by atoms with Crippen molar-refractivity contribution in [1.82, 2.24) is 20.3 Å². The van der Waals surface area contributed by atoms with Crippen LogP contribution in [0.2, 0.25) is 0 Å². The lowest BCUT2D eigenvalue weighted by Gasteiger charge is -2.00. The molecule has 0 aliphatic rings. The van der Waals surface area contributed by atoms with Crippen LogP contribution in [0.15, 0.2) is 39.2 Å². The highest BCUT2D eigenvalue weighted by Crippen LogP contribution is 2.28. The number of nitrogens with one attached hydrogen (secondary N) is 1. The molecule has 3 aromatic rings. The van der Waals surface area contributed by atoms with Crippen LogP contribution in [0.4, 0.5) is 5.13 Å². The summed E-state index contributed by atoms with van der Waals surface area (Å²) >= 11 is 3.08. The van der Waals surface area contributed by atoms with E-state index >= 15 is 0 Å². The lowest BCUT2D eigenvalue weighted by atomic mass is 10.2. The predicted molar refractivity (Wildman–Crippen MR) is 91.5 cm³/mol. The van der Waals surface area contributed by atoms with Gasteiger partial charge >= 0.3 is 0 Å². The van der Waals surface area contributed by atoms with Crippen LogP contribution in [0.1, 0.15) is 30.6 Å². The van der Waals surface area contributed by atoms with Crippen molar-refractivity contribution in [1.29, 1.82) is 0 Å². The van der Waals surface area contributed by atoms with Gasteiger partial charge in [0, 0.05) is 13.0 Å². The van der Waals surface area contributed by atoms with Gasteiger partial charge in [0.1, 0.15) is 0 Å². The molecule has 0 saturated carbocycles. The van der Waals surface area contributed by atoms with Crippen molar-refractivity contribution in [2.75, 3.05) is 5.32 Å². The molecule has 1 aromatic carbocycles. The molecule has 0 unspecified atom stereocenters. The molecular formula is C15H17N5OS2. The molecule has 0 fully saturated rings. The van der Waals surface area contributed by atoms with Gasteiger partial charge in [0.15, 0.2) is 10.2 Å². The molecule has 0 aliphatic carbocycles. The quantitative estimate of drug-likeness (QED) is 0.621. The minimum Gasteiger partial charge on any atom is -0.356 e. The topological polar surface area (TPSA) is 76.7 Å². The number of nitrogens with zero attached hydrogens (tertiary/aromatic N) is 4. The number of thioether (sulfide) groups is 1. The highest BCUT2D eigenvalue weighted by Gasteiger charge is 2.09. The van der Waals surface area contributed by atoms with E-state index in [1.165, 1.54) is 16.9 Å². The van der Waals surface area contributed by atoms with Crippen molar-refractivity contribution >= 4 is 28.2 Å². The summed E-state index contributed by atoms with van der Waals surface area (Å²) in [6.07, 6.45) is 1.86. The summed E-state index contributed by atoms with van der Waals surface area (Å²) in [6, 6.07) is 10.2. The Morgan fingerprint density at radius 3 is 2.91 bits per heavy atom. The Bertz CT molecular complexity index is 728. The summed E-state index contributed by atoms with van der Waals surface area (Å²) in [5.41, 5.74) is 1.21. The number of aryl methyl sites for hydroxylation is 1. The Morgan fingerprint density at radius 1 is 1.22 bits per heavy atom. The van der Waals surface area contributed by atoms with Gasteiger partial charge in [-0.05, 0) is 12.0 Å². The number of benzene rings is 1. The fourth-order valence-corrected chi connectivity index (χ4v) is 3.50. The molecule has 0 aliphatic heterocycles. The van der Waals surface area contributed by atoms with Gasteiger partial charge in [-0.2, -0.15) is 4.98 Å². The lowest BCUT2D eigenvalue weighted by Crippen LogP contribution is -1.98. The molecule has 2 aromatic heterocycles. The van der Waals surface area contributed by atoms with E-state index < -0.39 is 0 Å². The van der Waals surface area contributed by atoms with Gasteiger partial charge in [-0.15, -0.1) is 10.2 Å². The predicted octanol–water partition coefficient (Wildman–Crippen LogP) is 3.78. The first-order valence-corrected chi connectivity index (χ1v) is 9.19. The molecule has 6 nitrogen and oxygen atoms in total. The number of hydrogen-bond acceptors (Lipinski definition) is 8. The SMILES string of the molecule is CCCc1noc(CSc2nnc(NCc3ccccc3)s2)n1. The molecule has 0 amide bonds. The van der Waals surface area contributed by atoms with Gasteiger partial charge < -0.3 is 9.84 Å². The smallest absolute Gasteiger partial charge is 0.237 e. The molecule has 1 N–H and O–H groups in total. The van der Waals surface area contributed by atoms with Crippen molar-refractivity contribution in [2.45, 2.75) is 36.4 Å². The molecule has 0 atom stereocenters. The van der Waals surface area contributed by atoms with Crippen LogP contribution in [0.3, 0.4) is 0 Å². The molecule has 0 bridgehead atoms. The van der Waals surface area contributed by atoms with E-state index in [0.29, 0.717) is 11.6 Å². The number of rotatable bonds is 8. The largest absolute Gasteiger partial charge is 0.356 e. The van der Waals surface area contributed by atoms with E-state index in [1.54, 1.807) is 11.8 Å². The molecule has 2 heterocycles. The maximum absolute atomic E-state index is 5.21. The first-order valence-electron chi connectivity index (χ1n) is 7.39. The second-order valence-corrected chi connectivity index (χ2v) is 7.06. The average molecular weight is 347 g/mol. The van der Waals surface area contributed by atoms with E-state index in [0.717, 1.165) is 34.7 Å². The summed E-state index contributed by atoms with van der Waals surface area (Å²) < 4.78 is 6.09. The summed E-state index contributed by atoms with van der Waals surface area (Å²) in [5, 5.41) is 16.3. The third-order valence-electron chi connectivity index (χ3n) is 3.00. The lowest BCUT2D eigenvalue weighted by molar-refractivity contribution is 0.384. The molecule has 0 saturated heterocycles. The second kappa shape index (κ2) is 8.07. The number of aromatic nitrogens is 4. The Balaban J connectivity index is 1.48. The highest BCUT2D eigenvalue weighted by molar-refractivity contribution is 8.00. The van der Waals surface area contributed by atoms with E-state index in [9.17, 15) is 0 Å². The van der Waals surface area contributed by atoms with E-state index in [4.69, 9.17) is 4.52 Å². The average Bonchev–Trinajstić information content (AvgIpc) is 3.22. The Labute approximate surface area is 142 Å². The molecule has 0 spiro atoms. The van der Waals surface area contributed by atoms with Crippen molar-refractivity contribution < 1.29 is 4.52 Å². The van der Waals surface area contributed by atoms with Gasteiger partial charge in [0.2, 0.25) is 11.0 Å². The maximum atomic E-state index is 5.21. The van der Waals surface area contributed by atoms with Crippen LogP contribution in [0, 0.1) is 0 Å². The van der Waals surface area contributed by atoms with Gasteiger partial charge in [-0.1, -0.05) is 65.5 Å². The van der Waals surface area contributed by atoms with Crippen LogP contribution in [-0.2, 0) is 18.7 Å². The molecule has 120 valence electrons. The normalized spacial score (nSPS) is 10.8. The Hall–Kier alpha value is -1.93. The van der Waals surface area contributed by atoms with Crippen LogP contribution in [-0.4, -0.2) is 20.3 Å². The molecular weight excluding hydrogens is 330 g/mol. The van der Waals surface area contributed by atoms with Crippen LogP contribution >= 0.6 is 23.1 Å². The number of anilines is 1. The third-order valence-corrected chi connectivity index (χ3v) is 4.99. The zero-order chi connectivity index (χ0) is 15.9. The standard InChI is InChI=1S/C15H17N5OS2/c1-2-6-12-17-13(21-20-12)10-22-15-19-18-14(23-15)16-9-11-7-4-3-5-8-11/h3-5,7-8H,2,6,9-10H2,1H3,(H,16,18). The summed E-state index contributed by atoms with van der Waals surface area (Å²) in [4.78, 5) is 4.34. The van der Waals surface area contributed by atoms with Crippen LogP contribution < -0.4 is 5.32 Å². The van der Waals surface area contributed by atoms with Crippen LogP contribution in [0.5, 0.6) is 0 Å². The third kappa shape index (κ3) is 4.77. The first kappa shape index (κ1) is 15.9. The Kier molecular flexibility index (Phi) is 5.60.